The molecule has 0 bridgehead atoms. The molecule has 2 rings (SSSR count). The first-order chi connectivity index (χ1) is 10.9. The van der Waals surface area contributed by atoms with E-state index in [1.807, 2.05) is 0 Å². The summed E-state index contributed by atoms with van der Waals surface area (Å²) in [4.78, 5) is 11.5. The number of carbonyl (C=O) groups is 1. The molecule has 0 amide bonds. The van der Waals surface area contributed by atoms with E-state index in [2.05, 4.69) is 37.9 Å². The van der Waals surface area contributed by atoms with Gasteiger partial charge >= 0.3 is 0 Å². The summed E-state index contributed by atoms with van der Waals surface area (Å²) in [6, 6.07) is 0. The van der Waals surface area contributed by atoms with Crippen LogP contribution in [0.5, 0.6) is 0 Å². The Hall–Kier alpha value is -0.753. The highest BCUT2D eigenvalue weighted by molar-refractivity contribution is 6.69. The van der Waals surface area contributed by atoms with Crippen LogP contribution in [0.15, 0.2) is 23.8 Å². The summed E-state index contributed by atoms with van der Waals surface area (Å²) in [6.07, 6.45) is 11.5. The molecule has 23 heavy (non-hydrogen) atoms. The molecule has 0 radical (unpaired) electrons. The average molecular weight is 339 g/mol. The lowest BCUT2D eigenvalue weighted by molar-refractivity contribution is -0.183. The summed E-state index contributed by atoms with van der Waals surface area (Å²) >= 11 is 0. The first kappa shape index (κ1) is 18.6. The standard InChI is InChI=1S/C18H30O4Si/c1-23(2,3)22-15-18(20-13-14-21-18)12-7-5-4-6-9-16-10-8-11-17(16)19/h4,6,10H,5,7-9,11-15H2,1-3H3. The fraction of sp³-hybridized carbons (Fsp3) is 0.722. The summed E-state index contributed by atoms with van der Waals surface area (Å²) in [5.74, 6) is -0.234. The second-order valence-corrected chi connectivity index (χ2v) is 11.8. The van der Waals surface area contributed by atoms with Crippen LogP contribution in [-0.2, 0) is 18.7 Å². The average Bonchev–Trinajstić information content (AvgIpc) is 3.10. The number of unbranched alkanes of at least 4 members (excludes halogenated alkanes) is 1. The molecular formula is C18H30O4Si. The second kappa shape index (κ2) is 8.38. The molecule has 0 aromatic carbocycles. The Morgan fingerprint density at radius 1 is 1.26 bits per heavy atom. The molecule has 0 aromatic rings. The monoisotopic (exact) mass is 338 g/mol. The Morgan fingerprint density at radius 3 is 2.61 bits per heavy atom. The molecular weight excluding hydrogens is 308 g/mol. The van der Waals surface area contributed by atoms with E-state index in [4.69, 9.17) is 13.9 Å². The summed E-state index contributed by atoms with van der Waals surface area (Å²) in [6.45, 7) is 8.38. The van der Waals surface area contributed by atoms with E-state index in [0.717, 1.165) is 37.7 Å². The maximum absolute atomic E-state index is 11.5. The van der Waals surface area contributed by atoms with Gasteiger partial charge in [-0.1, -0.05) is 18.2 Å². The number of rotatable bonds is 9. The molecule has 5 heteroatoms. The van der Waals surface area contributed by atoms with Gasteiger partial charge < -0.3 is 13.9 Å². The van der Waals surface area contributed by atoms with Gasteiger partial charge in [0.1, 0.15) is 0 Å². The molecule has 1 aliphatic carbocycles. The molecule has 0 unspecified atom stereocenters. The van der Waals surface area contributed by atoms with E-state index in [0.29, 0.717) is 32.0 Å². The number of hydrogen-bond acceptors (Lipinski definition) is 4. The number of hydrogen-bond donors (Lipinski definition) is 0. The van der Waals surface area contributed by atoms with Crippen LogP contribution in [-0.4, -0.2) is 39.7 Å². The third kappa shape index (κ3) is 6.34. The smallest absolute Gasteiger partial charge is 0.190 e. The lowest BCUT2D eigenvalue weighted by Gasteiger charge is -2.30. The Labute approximate surface area is 141 Å². The van der Waals surface area contributed by atoms with E-state index in [1.165, 1.54) is 0 Å². The quantitative estimate of drug-likeness (QED) is 0.362. The van der Waals surface area contributed by atoms with Gasteiger partial charge in [-0.2, -0.15) is 0 Å². The molecule has 0 aromatic heterocycles. The normalized spacial score (nSPS) is 21.3. The number of ketones is 1. The van der Waals surface area contributed by atoms with Crippen molar-refractivity contribution in [1.82, 2.24) is 0 Å². The molecule has 4 nitrogen and oxygen atoms in total. The predicted molar refractivity (Wildman–Crippen MR) is 93.9 cm³/mol. The second-order valence-electron chi connectivity index (χ2n) is 7.27. The molecule has 1 fully saturated rings. The van der Waals surface area contributed by atoms with Crippen molar-refractivity contribution in [3.63, 3.8) is 0 Å². The molecule has 130 valence electrons. The Balaban J connectivity index is 1.69. The van der Waals surface area contributed by atoms with Crippen LogP contribution in [0.4, 0.5) is 0 Å². The highest BCUT2D eigenvalue weighted by Gasteiger charge is 2.37. The zero-order valence-corrected chi connectivity index (χ0v) is 15.7. The van der Waals surface area contributed by atoms with Crippen LogP contribution >= 0.6 is 0 Å². The Bertz CT molecular complexity index is 456. The summed E-state index contributed by atoms with van der Waals surface area (Å²) < 4.78 is 17.7. The minimum Gasteiger partial charge on any atom is -0.412 e. The van der Waals surface area contributed by atoms with Crippen LogP contribution in [0.2, 0.25) is 19.6 Å². The van der Waals surface area contributed by atoms with Crippen LogP contribution in [0.1, 0.15) is 38.5 Å². The fourth-order valence-corrected chi connectivity index (χ4v) is 3.44. The van der Waals surface area contributed by atoms with Gasteiger partial charge in [0.15, 0.2) is 19.9 Å². The van der Waals surface area contributed by atoms with Gasteiger partial charge in [-0.05, 0) is 50.9 Å². The minimum absolute atomic E-state index is 0.310. The van der Waals surface area contributed by atoms with Crippen molar-refractivity contribution in [2.45, 2.75) is 64.0 Å². The SMILES string of the molecule is C[Si](C)(C)OCC1(CCCC=CCC2=CCCC2=O)OCCO1. The van der Waals surface area contributed by atoms with Crippen molar-refractivity contribution in [3.05, 3.63) is 23.8 Å². The van der Waals surface area contributed by atoms with Crippen molar-refractivity contribution in [2.24, 2.45) is 0 Å². The van der Waals surface area contributed by atoms with E-state index < -0.39 is 14.1 Å². The predicted octanol–water partition coefficient (Wildman–Crippen LogP) is 3.99. The maximum atomic E-state index is 11.5. The zero-order valence-electron chi connectivity index (χ0n) is 14.7. The molecule has 0 atom stereocenters. The highest BCUT2D eigenvalue weighted by atomic mass is 28.4. The van der Waals surface area contributed by atoms with E-state index in [1.54, 1.807) is 0 Å². The van der Waals surface area contributed by atoms with Crippen molar-refractivity contribution in [3.8, 4) is 0 Å². The minimum atomic E-state index is -1.57. The summed E-state index contributed by atoms with van der Waals surface area (Å²) in [5, 5.41) is 0. The lowest BCUT2D eigenvalue weighted by atomic mass is 10.1. The van der Waals surface area contributed by atoms with Gasteiger partial charge in [-0.3, -0.25) is 4.79 Å². The van der Waals surface area contributed by atoms with E-state index in [9.17, 15) is 4.79 Å². The van der Waals surface area contributed by atoms with Crippen LogP contribution in [0.25, 0.3) is 0 Å². The fourth-order valence-electron chi connectivity index (χ4n) is 2.79. The molecule has 1 saturated heterocycles. The summed E-state index contributed by atoms with van der Waals surface area (Å²) in [5.41, 5.74) is 0.976. The van der Waals surface area contributed by atoms with Gasteiger partial charge in [0.25, 0.3) is 0 Å². The zero-order chi connectivity index (χ0) is 16.8. The van der Waals surface area contributed by atoms with Gasteiger partial charge in [-0.25, -0.2) is 0 Å². The maximum Gasteiger partial charge on any atom is 0.190 e. The van der Waals surface area contributed by atoms with Gasteiger partial charge in [0, 0.05) is 12.8 Å². The van der Waals surface area contributed by atoms with Gasteiger partial charge in [0.05, 0.1) is 19.8 Å². The lowest BCUT2D eigenvalue weighted by Crippen LogP contribution is -2.40. The van der Waals surface area contributed by atoms with Crippen LogP contribution in [0.3, 0.4) is 0 Å². The van der Waals surface area contributed by atoms with Crippen LogP contribution < -0.4 is 0 Å². The molecule has 0 saturated carbocycles. The topological polar surface area (TPSA) is 44.8 Å². The van der Waals surface area contributed by atoms with Crippen molar-refractivity contribution in [1.29, 1.82) is 0 Å². The first-order valence-corrected chi connectivity index (χ1v) is 12.1. The van der Waals surface area contributed by atoms with E-state index in [-0.39, 0.29) is 0 Å². The third-order valence-corrected chi connectivity index (χ3v) is 5.10. The molecule has 1 aliphatic heterocycles. The van der Waals surface area contributed by atoms with Gasteiger partial charge in [0.2, 0.25) is 0 Å². The molecule has 1 heterocycles. The number of ether oxygens (including phenoxy) is 2. The Morgan fingerprint density at radius 2 is 2.00 bits per heavy atom. The van der Waals surface area contributed by atoms with E-state index >= 15 is 0 Å². The van der Waals surface area contributed by atoms with Gasteiger partial charge in [-0.15, -0.1) is 0 Å². The first-order valence-electron chi connectivity index (χ1n) is 8.69. The molecule has 0 spiro atoms. The number of Topliss-reactive ketones (excluding diaryl/α,β-unsaturated/α-hetero) is 1. The Kier molecular flexibility index (Phi) is 6.77. The summed E-state index contributed by atoms with van der Waals surface area (Å²) in [7, 11) is -1.57. The van der Waals surface area contributed by atoms with Crippen molar-refractivity contribution in [2.75, 3.05) is 19.8 Å². The van der Waals surface area contributed by atoms with Crippen molar-refractivity contribution >= 4 is 14.1 Å². The molecule has 2 aliphatic rings. The van der Waals surface area contributed by atoms with Crippen LogP contribution in [0, 0.1) is 0 Å². The third-order valence-electron chi connectivity index (χ3n) is 4.09. The largest absolute Gasteiger partial charge is 0.412 e. The van der Waals surface area contributed by atoms with Crippen molar-refractivity contribution < 1.29 is 18.7 Å². The number of carbonyl (C=O) groups excluding carboxylic acids is 1. The highest BCUT2D eigenvalue weighted by Crippen LogP contribution is 2.27. The molecule has 0 N–H and O–H groups in total. The number of allylic oxidation sites excluding steroid dienone is 4.